The minimum atomic E-state index is -5.08. The number of hydrogen-bond donors (Lipinski definition) is 3. The zero-order chi connectivity index (χ0) is 34.3. The number of aromatic nitrogens is 3. The fraction of sp³-hybridized carbons (Fsp3) is 0.452. The highest BCUT2D eigenvalue weighted by molar-refractivity contribution is 7.90. The van der Waals surface area contributed by atoms with Gasteiger partial charge < -0.3 is 25.0 Å². The molecule has 1 saturated carbocycles. The van der Waals surface area contributed by atoms with E-state index in [2.05, 4.69) is 20.3 Å². The summed E-state index contributed by atoms with van der Waals surface area (Å²) in [5.41, 5.74) is 3.89. The smallest absolute Gasteiger partial charge is 0.475 e. The average Bonchev–Trinajstić information content (AvgIpc) is 3.71. The molecule has 1 aromatic carbocycles. The zero-order valence-electron chi connectivity index (χ0n) is 25.8. The minimum Gasteiger partial charge on any atom is -0.475 e. The van der Waals surface area contributed by atoms with Crippen LogP contribution in [0.15, 0.2) is 35.4 Å². The topological polar surface area (TPSA) is 172 Å². The number of pyridine rings is 1. The van der Waals surface area contributed by atoms with Gasteiger partial charge in [-0.25, -0.2) is 18.2 Å². The lowest BCUT2D eigenvalue weighted by molar-refractivity contribution is -0.192. The van der Waals surface area contributed by atoms with Gasteiger partial charge in [0.15, 0.2) is 15.7 Å². The van der Waals surface area contributed by atoms with E-state index in [1.165, 1.54) is 0 Å². The predicted molar refractivity (Wildman–Crippen MR) is 162 cm³/mol. The van der Waals surface area contributed by atoms with Crippen molar-refractivity contribution in [1.82, 2.24) is 25.2 Å². The third-order valence-corrected chi connectivity index (χ3v) is 9.55. The van der Waals surface area contributed by atoms with Crippen LogP contribution in [0.2, 0.25) is 0 Å². The number of carbonyl (C=O) groups excluding carboxylic acids is 2. The Labute approximate surface area is 268 Å². The summed E-state index contributed by atoms with van der Waals surface area (Å²) in [5.74, 6) is -2.29. The first-order chi connectivity index (χ1) is 22.0. The predicted octanol–water partition coefficient (Wildman–Crippen LogP) is 4.15. The van der Waals surface area contributed by atoms with Crippen molar-refractivity contribution in [3.8, 4) is 22.6 Å². The van der Waals surface area contributed by atoms with Crippen LogP contribution in [0.4, 0.5) is 13.2 Å². The van der Waals surface area contributed by atoms with E-state index in [-0.39, 0.29) is 34.4 Å². The molecule has 2 aliphatic heterocycles. The number of amides is 2. The number of aliphatic carboxylic acids is 1. The number of rotatable bonds is 7. The van der Waals surface area contributed by atoms with Crippen LogP contribution in [0, 0.1) is 12.8 Å². The Morgan fingerprint density at radius 2 is 1.79 bits per heavy atom. The first-order valence-corrected chi connectivity index (χ1v) is 16.8. The second-order valence-corrected chi connectivity index (χ2v) is 13.9. The number of carboxylic acids is 1. The Balaban J connectivity index is 0.000000559. The summed E-state index contributed by atoms with van der Waals surface area (Å²) in [7, 11) is -3.67. The molecule has 1 saturated heterocycles. The molecule has 12 nitrogen and oxygen atoms in total. The Kier molecular flexibility index (Phi) is 9.46. The molecule has 0 unspecified atom stereocenters. The maximum absolute atomic E-state index is 13.3. The van der Waals surface area contributed by atoms with Gasteiger partial charge in [-0.05, 0) is 86.4 Å². The molecule has 2 fully saturated rings. The van der Waals surface area contributed by atoms with E-state index >= 15 is 0 Å². The van der Waals surface area contributed by atoms with Gasteiger partial charge in [-0.15, -0.1) is 0 Å². The minimum absolute atomic E-state index is 0.0507. The molecule has 47 heavy (non-hydrogen) atoms. The van der Waals surface area contributed by atoms with Crippen LogP contribution in [-0.4, -0.2) is 88.9 Å². The highest BCUT2D eigenvalue weighted by Crippen LogP contribution is 2.41. The molecule has 3 N–H and O–H groups in total. The maximum Gasteiger partial charge on any atom is 0.490 e. The summed E-state index contributed by atoms with van der Waals surface area (Å²) in [6, 6.07) is 7.22. The Bertz CT molecular complexity index is 1820. The largest absolute Gasteiger partial charge is 0.490 e. The van der Waals surface area contributed by atoms with Gasteiger partial charge in [0.25, 0.3) is 11.8 Å². The van der Waals surface area contributed by atoms with Gasteiger partial charge in [0.05, 0.1) is 10.5 Å². The molecule has 2 amide bonds. The summed E-state index contributed by atoms with van der Waals surface area (Å²) < 4.78 is 62.8. The van der Waals surface area contributed by atoms with E-state index < -0.39 is 22.0 Å². The standard InChI is InChI=1S/C29H33N5O5S.C2HF3O2/c1-16-26(28(35)32-22-7-10-39-11-8-22)33-27(31-16)23-13-19(6-9-30-23)20-12-21-15-34(17(2)18-4-5-18)29(36)25(21)24(14-20)40(3,37)38;3-2(4,5)1(6)7/h6,9,12-14,17-18,22H,4-5,7-8,10-11,15H2,1-3H3,(H,31,33)(H,32,35);(H,6,7)/t17-;/m0./s1. The third-order valence-electron chi connectivity index (χ3n) is 8.43. The number of carboxylic acid groups (broad SMARTS) is 1. The molecule has 252 valence electrons. The monoisotopic (exact) mass is 677 g/mol. The van der Waals surface area contributed by atoms with Crippen LogP contribution in [0.1, 0.15) is 64.7 Å². The molecule has 6 rings (SSSR count). The van der Waals surface area contributed by atoms with Gasteiger partial charge in [0.2, 0.25) is 0 Å². The number of aromatic amines is 1. The van der Waals surface area contributed by atoms with Gasteiger partial charge >= 0.3 is 12.1 Å². The molecule has 4 heterocycles. The van der Waals surface area contributed by atoms with Gasteiger partial charge in [0, 0.05) is 50.0 Å². The van der Waals surface area contributed by atoms with Gasteiger partial charge in [0.1, 0.15) is 11.4 Å². The van der Waals surface area contributed by atoms with Crippen molar-refractivity contribution in [2.24, 2.45) is 5.92 Å². The highest BCUT2D eigenvalue weighted by atomic mass is 32.2. The summed E-state index contributed by atoms with van der Waals surface area (Å²) in [5, 5.41) is 10.2. The number of alkyl halides is 3. The number of imidazole rings is 1. The van der Waals surface area contributed by atoms with E-state index in [1.54, 1.807) is 30.2 Å². The van der Waals surface area contributed by atoms with Crippen molar-refractivity contribution in [1.29, 1.82) is 0 Å². The summed E-state index contributed by atoms with van der Waals surface area (Å²) in [6.45, 7) is 5.48. The normalized spacial score (nSPS) is 17.5. The molecule has 0 radical (unpaired) electrons. The molecule has 0 spiro atoms. The van der Waals surface area contributed by atoms with E-state index in [1.807, 2.05) is 19.1 Å². The van der Waals surface area contributed by atoms with Crippen molar-refractivity contribution >= 4 is 27.6 Å². The van der Waals surface area contributed by atoms with Gasteiger partial charge in [-0.3, -0.25) is 14.6 Å². The fourth-order valence-corrected chi connectivity index (χ4v) is 6.63. The molecule has 2 aromatic heterocycles. The number of carbonyl (C=O) groups is 3. The van der Waals surface area contributed by atoms with Crippen molar-refractivity contribution in [2.75, 3.05) is 19.5 Å². The second kappa shape index (κ2) is 13.1. The summed E-state index contributed by atoms with van der Waals surface area (Å²) in [6.07, 6.45) is 1.41. The Hall–Kier alpha value is -4.31. The molecular formula is C31H34F3N5O7S. The molecule has 3 aromatic rings. The Morgan fingerprint density at radius 1 is 1.13 bits per heavy atom. The molecule has 16 heteroatoms. The number of aryl methyl sites for hydroxylation is 1. The van der Waals surface area contributed by atoms with Crippen LogP contribution >= 0.6 is 0 Å². The van der Waals surface area contributed by atoms with Crippen molar-refractivity contribution in [2.45, 2.75) is 69.2 Å². The average molecular weight is 678 g/mol. The van der Waals surface area contributed by atoms with E-state index in [4.69, 9.17) is 14.6 Å². The van der Waals surface area contributed by atoms with E-state index in [9.17, 15) is 31.2 Å². The number of hydrogen-bond acceptors (Lipinski definition) is 8. The van der Waals surface area contributed by atoms with Crippen molar-refractivity contribution in [3.05, 3.63) is 53.0 Å². The molecular weight excluding hydrogens is 643 g/mol. The molecule has 1 aliphatic carbocycles. The van der Waals surface area contributed by atoms with Crippen LogP contribution in [0.3, 0.4) is 0 Å². The third kappa shape index (κ3) is 7.64. The maximum atomic E-state index is 13.3. The zero-order valence-corrected chi connectivity index (χ0v) is 26.7. The van der Waals surface area contributed by atoms with Crippen LogP contribution < -0.4 is 5.32 Å². The van der Waals surface area contributed by atoms with Gasteiger partial charge in [-0.1, -0.05) is 0 Å². The molecule has 0 bridgehead atoms. The first kappa shape index (κ1) is 34.0. The number of nitrogens with zero attached hydrogens (tertiary/aromatic N) is 3. The lowest BCUT2D eigenvalue weighted by Gasteiger charge is -2.24. The highest BCUT2D eigenvalue weighted by Gasteiger charge is 2.41. The molecule has 1 atom stereocenters. The fourth-order valence-electron chi connectivity index (χ4n) is 5.70. The number of fused-ring (bicyclic) bond motifs is 1. The number of nitrogens with one attached hydrogen (secondary N) is 2. The lowest BCUT2D eigenvalue weighted by atomic mass is 10.0. The molecule has 3 aliphatic rings. The summed E-state index contributed by atoms with van der Waals surface area (Å²) in [4.78, 5) is 49.2. The second-order valence-electron chi connectivity index (χ2n) is 11.9. The van der Waals surface area contributed by atoms with Crippen LogP contribution in [-0.2, 0) is 25.9 Å². The number of benzene rings is 1. The number of halogens is 3. The van der Waals surface area contributed by atoms with Crippen LogP contribution in [0.5, 0.6) is 0 Å². The lowest BCUT2D eigenvalue weighted by Crippen LogP contribution is -2.39. The van der Waals surface area contributed by atoms with Gasteiger partial charge in [-0.2, -0.15) is 13.2 Å². The summed E-state index contributed by atoms with van der Waals surface area (Å²) >= 11 is 0. The number of H-pyrrole nitrogens is 1. The quantitative estimate of drug-likeness (QED) is 0.332. The first-order valence-electron chi connectivity index (χ1n) is 14.9. The van der Waals surface area contributed by atoms with E-state index in [0.717, 1.165) is 43.1 Å². The van der Waals surface area contributed by atoms with E-state index in [0.29, 0.717) is 54.1 Å². The van der Waals surface area contributed by atoms with Crippen molar-refractivity contribution in [3.63, 3.8) is 0 Å². The Morgan fingerprint density at radius 3 is 2.38 bits per heavy atom. The number of sulfone groups is 1. The SMILES string of the molecule is Cc1[nH]c(-c2cc(-c3cc4c(c(S(C)(=O)=O)c3)C(=O)N([C@@H](C)C3CC3)C4)ccn2)nc1C(=O)NC1CCOCC1.O=C(O)C(F)(F)F. The number of ether oxygens (including phenoxy) is 1. The van der Waals surface area contributed by atoms with Crippen molar-refractivity contribution < 1.29 is 45.8 Å². The van der Waals surface area contributed by atoms with Crippen LogP contribution in [0.25, 0.3) is 22.6 Å².